The number of aromatic hydroxyl groups is 1. The minimum absolute atomic E-state index is 0.0345. The fourth-order valence-electron chi connectivity index (χ4n) is 1.97. The number of phenolic OH excluding ortho intramolecular Hbond substituents is 1. The summed E-state index contributed by atoms with van der Waals surface area (Å²) >= 11 is 3.35. The van der Waals surface area contributed by atoms with E-state index in [2.05, 4.69) is 21.2 Å². The van der Waals surface area contributed by atoms with E-state index < -0.39 is 11.9 Å². The van der Waals surface area contributed by atoms with E-state index in [-0.39, 0.29) is 24.0 Å². The molecule has 0 aliphatic heterocycles. The SMILES string of the molecule is C[C@H](NC(=O)COC(=O)c1cccc(O)c1)c1ccc(Br)cc1. The summed E-state index contributed by atoms with van der Waals surface area (Å²) in [5, 5.41) is 12.1. The van der Waals surface area contributed by atoms with E-state index in [0.29, 0.717) is 0 Å². The molecule has 2 N–H and O–H groups in total. The minimum atomic E-state index is -0.660. The molecular formula is C17H16BrNO4. The molecule has 0 bridgehead atoms. The smallest absolute Gasteiger partial charge is 0.338 e. The molecule has 2 aromatic carbocycles. The Bertz CT molecular complexity index is 700. The van der Waals surface area contributed by atoms with Crippen LogP contribution in [0, 0.1) is 0 Å². The van der Waals surface area contributed by atoms with Gasteiger partial charge in [-0.3, -0.25) is 4.79 Å². The monoisotopic (exact) mass is 377 g/mol. The van der Waals surface area contributed by atoms with Crippen molar-refractivity contribution in [2.75, 3.05) is 6.61 Å². The van der Waals surface area contributed by atoms with E-state index >= 15 is 0 Å². The van der Waals surface area contributed by atoms with Crippen LogP contribution in [0.1, 0.15) is 28.9 Å². The van der Waals surface area contributed by atoms with Gasteiger partial charge in [0.25, 0.3) is 5.91 Å². The van der Waals surface area contributed by atoms with Crippen LogP contribution in [-0.2, 0) is 9.53 Å². The molecule has 0 aliphatic carbocycles. The maximum atomic E-state index is 11.8. The average Bonchev–Trinajstić information content (AvgIpc) is 2.53. The Morgan fingerprint density at radius 1 is 1.22 bits per heavy atom. The van der Waals surface area contributed by atoms with Crippen LogP contribution >= 0.6 is 15.9 Å². The van der Waals surface area contributed by atoms with Crippen LogP contribution in [0.5, 0.6) is 5.75 Å². The number of halogens is 1. The van der Waals surface area contributed by atoms with E-state index in [9.17, 15) is 14.7 Å². The summed E-state index contributed by atoms with van der Waals surface area (Å²) in [5.74, 6) is -1.09. The van der Waals surface area contributed by atoms with Crippen molar-refractivity contribution in [2.24, 2.45) is 0 Å². The molecule has 5 nitrogen and oxygen atoms in total. The maximum Gasteiger partial charge on any atom is 0.338 e. The molecule has 0 unspecified atom stereocenters. The van der Waals surface area contributed by atoms with Crippen molar-refractivity contribution in [3.8, 4) is 5.75 Å². The van der Waals surface area contributed by atoms with Gasteiger partial charge < -0.3 is 15.2 Å². The fourth-order valence-corrected chi connectivity index (χ4v) is 2.23. The summed E-state index contributed by atoms with van der Waals surface area (Å²) in [6.45, 7) is 1.47. The van der Waals surface area contributed by atoms with Gasteiger partial charge in [-0.1, -0.05) is 34.1 Å². The van der Waals surface area contributed by atoms with Crippen molar-refractivity contribution in [2.45, 2.75) is 13.0 Å². The number of ether oxygens (including phenoxy) is 1. The van der Waals surface area contributed by atoms with Crippen molar-refractivity contribution >= 4 is 27.8 Å². The topological polar surface area (TPSA) is 75.6 Å². The molecule has 0 fully saturated rings. The lowest BCUT2D eigenvalue weighted by Gasteiger charge is -2.14. The molecule has 23 heavy (non-hydrogen) atoms. The number of hydrogen-bond donors (Lipinski definition) is 2. The van der Waals surface area contributed by atoms with Crippen LogP contribution < -0.4 is 5.32 Å². The third-order valence-electron chi connectivity index (χ3n) is 3.16. The molecule has 0 heterocycles. The van der Waals surface area contributed by atoms with Gasteiger partial charge in [0.15, 0.2) is 6.61 Å². The fraction of sp³-hybridized carbons (Fsp3) is 0.176. The molecule has 1 atom stereocenters. The summed E-state index contributed by atoms with van der Waals surface area (Å²) in [6, 6.07) is 13.1. The summed E-state index contributed by atoms with van der Waals surface area (Å²) in [7, 11) is 0. The van der Waals surface area contributed by atoms with Gasteiger partial charge in [-0.2, -0.15) is 0 Å². The lowest BCUT2D eigenvalue weighted by molar-refractivity contribution is -0.124. The Hall–Kier alpha value is -2.34. The van der Waals surface area contributed by atoms with Gasteiger partial charge in [0, 0.05) is 4.47 Å². The summed E-state index contributed by atoms with van der Waals surface area (Å²) in [4.78, 5) is 23.6. The average molecular weight is 378 g/mol. The van der Waals surface area contributed by atoms with Gasteiger partial charge in [-0.25, -0.2) is 4.79 Å². The number of nitrogens with one attached hydrogen (secondary N) is 1. The van der Waals surface area contributed by atoms with Crippen LogP contribution in [0.25, 0.3) is 0 Å². The third-order valence-corrected chi connectivity index (χ3v) is 3.69. The van der Waals surface area contributed by atoms with Crippen LogP contribution in [0.4, 0.5) is 0 Å². The molecule has 0 spiro atoms. The highest BCUT2D eigenvalue weighted by Crippen LogP contribution is 2.16. The molecule has 1 amide bonds. The Balaban J connectivity index is 1.85. The second kappa shape index (κ2) is 7.78. The van der Waals surface area contributed by atoms with Crippen LogP contribution in [0.15, 0.2) is 53.0 Å². The van der Waals surface area contributed by atoms with Gasteiger partial charge in [0.1, 0.15) is 5.75 Å². The zero-order chi connectivity index (χ0) is 16.8. The maximum absolute atomic E-state index is 11.8. The Labute approximate surface area is 142 Å². The predicted molar refractivity (Wildman–Crippen MR) is 89.1 cm³/mol. The molecule has 0 radical (unpaired) electrons. The standard InChI is InChI=1S/C17H16BrNO4/c1-11(12-5-7-14(18)8-6-12)19-16(21)10-23-17(22)13-3-2-4-15(20)9-13/h2-9,11,20H,10H2,1H3,(H,19,21)/t11-/m0/s1. The quantitative estimate of drug-likeness (QED) is 0.784. The van der Waals surface area contributed by atoms with Crippen LogP contribution in [-0.4, -0.2) is 23.6 Å². The number of hydrogen-bond acceptors (Lipinski definition) is 4. The number of carbonyl (C=O) groups excluding carboxylic acids is 2. The van der Waals surface area contributed by atoms with Crippen molar-refractivity contribution < 1.29 is 19.4 Å². The number of carbonyl (C=O) groups is 2. The van der Waals surface area contributed by atoms with Crippen molar-refractivity contribution in [1.29, 1.82) is 0 Å². The van der Waals surface area contributed by atoms with Crippen molar-refractivity contribution in [3.05, 3.63) is 64.1 Å². The molecule has 120 valence electrons. The van der Waals surface area contributed by atoms with Gasteiger partial charge in [-0.05, 0) is 42.8 Å². The normalized spacial score (nSPS) is 11.6. The molecule has 0 aromatic heterocycles. The van der Waals surface area contributed by atoms with Gasteiger partial charge in [-0.15, -0.1) is 0 Å². The first-order valence-electron chi connectivity index (χ1n) is 6.96. The summed E-state index contributed by atoms with van der Waals surface area (Å²) < 4.78 is 5.89. The first-order valence-corrected chi connectivity index (χ1v) is 7.76. The summed E-state index contributed by atoms with van der Waals surface area (Å²) in [5.41, 5.74) is 1.14. The second-order valence-electron chi connectivity index (χ2n) is 4.97. The van der Waals surface area contributed by atoms with E-state index in [1.54, 1.807) is 0 Å². The highest BCUT2D eigenvalue weighted by molar-refractivity contribution is 9.10. The molecule has 0 saturated heterocycles. The van der Waals surface area contributed by atoms with Gasteiger partial charge >= 0.3 is 5.97 Å². The lowest BCUT2D eigenvalue weighted by atomic mass is 10.1. The Morgan fingerprint density at radius 2 is 1.91 bits per heavy atom. The van der Waals surface area contributed by atoms with E-state index in [0.717, 1.165) is 10.0 Å². The first-order chi connectivity index (χ1) is 11.0. The first kappa shape index (κ1) is 17.0. The number of amides is 1. The molecule has 0 saturated carbocycles. The second-order valence-corrected chi connectivity index (χ2v) is 5.88. The highest BCUT2D eigenvalue weighted by Gasteiger charge is 2.13. The molecular weight excluding hydrogens is 362 g/mol. The van der Waals surface area contributed by atoms with Gasteiger partial charge in [0.05, 0.1) is 11.6 Å². The number of rotatable bonds is 5. The molecule has 6 heteroatoms. The predicted octanol–water partition coefficient (Wildman–Crippen LogP) is 3.19. The Morgan fingerprint density at radius 3 is 2.57 bits per heavy atom. The Kier molecular flexibility index (Phi) is 5.76. The van der Waals surface area contributed by atoms with Crippen molar-refractivity contribution in [1.82, 2.24) is 5.32 Å². The number of esters is 1. The minimum Gasteiger partial charge on any atom is -0.508 e. The lowest BCUT2D eigenvalue weighted by Crippen LogP contribution is -2.31. The number of benzene rings is 2. The molecule has 2 rings (SSSR count). The number of phenols is 1. The third kappa shape index (κ3) is 5.10. The zero-order valence-corrected chi connectivity index (χ0v) is 14.0. The van der Waals surface area contributed by atoms with Crippen molar-refractivity contribution in [3.63, 3.8) is 0 Å². The largest absolute Gasteiger partial charge is 0.508 e. The van der Waals surface area contributed by atoms with Crippen LogP contribution in [0.3, 0.4) is 0 Å². The van der Waals surface area contributed by atoms with E-state index in [1.165, 1.54) is 24.3 Å². The van der Waals surface area contributed by atoms with Crippen LogP contribution in [0.2, 0.25) is 0 Å². The molecule has 0 aliphatic rings. The summed E-state index contributed by atoms with van der Waals surface area (Å²) in [6.07, 6.45) is 0. The highest BCUT2D eigenvalue weighted by atomic mass is 79.9. The zero-order valence-electron chi connectivity index (χ0n) is 12.5. The molecule has 2 aromatic rings. The van der Waals surface area contributed by atoms with E-state index in [1.807, 2.05) is 31.2 Å². The van der Waals surface area contributed by atoms with Gasteiger partial charge in [0.2, 0.25) is 0 Å². The van der Waals surface area contributed by atoms with E-state index in [4.69, 9.17) is 4.74 Å².